The van der Waals surface area contributed by atoms with Crippen LogP contribution in [0.3, 0.4) is 0 Å². The second kappa shape index (κ2) is 6.66. The Kier molecular flexibility index (Phi) is 4.11. The lowest BCUT2D eigenvalue weighted by atomic mass is 9.84. The summed E-state index contributed by atoms with van der Waals surface area (Å²) in [5.41, 5.74) is 2.97. The van der Waals surface area contributed by atoms with Gasteiger partial charge in [0.25, 0.3) is 0 Å². The van der Waals surface area contributed by atoms with E-state index in [2.05, 4.69) is 22.4 Å². The molecule has 2 heterocycles. The van der Waals surface area contributed by atoms with Gasteiger partial charge in [0.2, 0.25) is 5.88 Å². The molecule has 0 spiro atoms. The monoisotopic (exact) mass is 407 g/mol. The van der Waals surface area contributed by atoms with Crippen LogP contribution in [0.15, 0.2) is 78.9 Å². The van der Waals surface area contributed by atoms with Crippen LogP contribution < -0.4 is 0 Å². The average molecular weight is 408 g/mol. The number of fused-ring (bicyclic) bond motifs is 1. The number of hydrogen-bond donors (Lipinski definition) is 0. The summed E-state index contributed by atoms with van der Waals surface area (Å²) in [6.45, 7) is 0. The first-order valence-corrected chi connectivity index (χ1v) is 9.64. The third-order valence-electron chi connectivity index (χ3n) is 5.03. The Labute approximate surface area is 172 Å². The van der Waals surface area contributed by atoms with Crippen molar-refractivity contribution in [2.24, 2.45) is 0 Å². The van der Waals surface area contributed by atoms with E-state index in [0.29, 0.717) is 22.3 Å². The fourth-order valence-corrected chi connectivity index (χ4v) is 3.93. The van der Waals surface area contributed by atoms with Gasteiger partial charge in [0.1, 0.15) is 5.52 Å². The van der Waals surface area contributed by atoms with E-state index in [4.69, 9.17) is 27.9 Å². The summed E-state index contributed by atoms with van der Waals surface area (Å²) in [5.74, 6) is 0.642. The number of halogens is 2. The Morgan fingerprint density at radius 3 is 2.46 bits per heavy atom. The van der Waals surface area contributed by atoms with Crippen molar-refractivity contribution in [2.45, 2.75) is 12.0 Å². The molecule has 1 unspecified atom stereocenters. The van der Waals surface area contributed by atoms with Crippen molar-refractivity contribution in [2.75, 3.05) is 0 Å². The predicted molar refractivity (Wildman–Crippen MR) is 111 cm³/mol. The highest BCUT2D eigenvalue weighted by Crippen LogP contribution is 2.46. The van der Waals surface area contributed by atoms with Crippen LogP contribution in [0.1, 0.15) is 17.5 Å². The largest absolute Gasteiger partial charge is 0.461 e. The number of aromatic nitrogens is 3. The van der Waals surface area contributed by atoms with E-state index in [1.807, 2.05) is 60.7 Å². The topological polar surface area (TPSA) is 39.9 Å². The molecule has 138 valence electrons. The maximum atomic E-state index is 6.59. The molecular weight excluding hydrogens is 393 g/mol. The van der Waals surface area contributed by atoms with Gasteiger partial charge in [0, 0.05) is 17.5 Å². The molecule has 0 fully saturated rings. The fraction of sp³-hybridized carbons (Fsp3) is 0.0909. The molecule has 4 nitrogen and oxygen atoms in total. The molecule has 4 aromatic rings. The highest BCUT2D eigenvalue weighted by atomic mass is 35.5. The van der Waals surface area contributed by atoms with Crippen LogP contribution in [0, 0.1) is 0 Å². The van der Waals surface area contributed by atoms with E-state index >= 15 is 0 Å². The Morgan fingerprint density at radius 1 is 0.857 bits per heavy atom. The molecule has 1 aliphatic rings. The van der Waals surface area contributed by atoms with Crippen molar-refractivity contribution in [3.05, 3.63) is 100 Å². The Hall–Kier alpha value is -2.82. The Morgan fingerprint density at radius 2 is 1.64 bits per heavy atom. The van der Waals surface area contributed by atoms with Crippen molar-refractivity contribution in [3.8, 4) is 0 Å². The molecule has 0 saturated carbocycles. The molecule has 5 rings (SSSR count). The first-order valence-electron chi connectivity index (χ1n) is 8.88. The van der Waals surface area contributed by atoms with Crippen LogP contribution in [0.2, 0.25) is 10.0 Å². The summed E-state index contributed by atoms with van der Waals surface area (Å²) in [5, 5.41) is 9.54. The van der Waals surface area contributed by atoms with Gasteiger partial charge in [-0.05, 0) is 30.3 Å². The minimum Gasteiger partial charge on any atom is -0.461 e. The van der Waals surface area contributed by atoms with E-state index in [0.717, 1.165) is 22.2 Å². The third kappa shape index (κ3) is 2.68. The van der Waals surface area contributed by atoms with Gasteiger partial charge in [-0.25, -0.2) is 0 Å². The summed E-state index contributed by atoms with van der Waals surface area (Å²) in [7, 11) is 0. The lowest BCUT2D eigenvalue weighted by Gasteiger charge is -2.31. The first kappa shape index (κ1) is 17.3. The summed E-state index contributed by atoms with van der Waals surface area (Å²) in [6, 6.07) is 23.5. The van der Waals surface area contributed by atoms with Crippen LogP contribution in [0.25, 0.3) is 16.9 Å². The quantitative estimate of drug-likeness (QED) is 0.424. The molecule has 6 heteroatoms. The fourth-order valence-electron chi connectivity index (χ4n) is 3.63. The average Bonchev–Trinajstić information content (AvgIpc) is 3.36. The molecule has 1 aromatic heterocycles. The normalized spacial score (nSPS) is 18.9. The minimum atomic E-state index is -0.710. The molecule has 3 aromatic carbocycles. The highest BCUT2D eigenvalue weighted by Gasteiger charge is 2.41. The Balaban J connectivity index is 1.63. The second-order valence-electron chi connectivity index (χ2n) is 6.66. The van der Waals surface area contributed by atoms with Crippen LogP contribution >= 0.6 is 23.2 Å². The van der Waals surface area contributed by atoms with Crippen molar-refractivity contribution in [1.82, 2.24) is 15.0 Å². The van der Waals surface area contributed by atoms with Crippen LogP contribution in [-0.2, 0) is 10.3 Å². The molecule has 0 saturated heterocycles. The van der Waals surface area contributed by atoms with E-state index in [1.165, 1.54) is 0 Å². The number of nitrogens with zero attached hydrogens (tertiary/aromatic N) is 3. The molecular formula is C22H15Cl2N3O. The van der Waals surface area contributed by atoms with Crippen LogP contribution in [0.4, 0.5) is 0 Å². The smallest absolute Gasteiger partial charge is 0.213 e. The van der Waals surface area contributed by atoms with E-state index < -0.39 is 5.60 Å². The summed E-state index contributed by atoms with van der Waals surface area (Å²) >= 11 is 12.5. The zero-order valence-corrected chi connectivity index (χ0v) is 16.2. The first-order chi connectivity index (χ1) is 13.7. The lowest BCUT2D eigenvalue weighted by molar-refractivity contribution is 0.0900. The van der Waals surface area contributed by atoms with Crippen molar-refractivity contribution in [1.29, 1.82) is 0 Å². The molecule has 1 atom stereocenters. The summed E-state index contributed by atoms with van der Waals surface area (Å²) in [4.78, 5) is 0. The summed E-state index contributed by atoms with van der Waals surface area (Å²) in [6.07, 6.45) is 2.68. The molecule has 0 radical (unpaired) electrons. The second-order valence-corrected chi connectivity index (χ2v) is 7.47. The predicted octanol–water partition coefficient (Wildman–Crippen LogP) is 5.90. The van der Waals surface area contributed by atoms with E-state index in [-0.39, 0.29) is 0 Å². The van der Waals surface area contributed by atoms with Crippen LogP contribution in [0.5, 0.6) is 0 Å². The zero-order chi connectivity index (χ0) is 19.1. The molecule has 1 aliphatic heterocycles. The molecule has 0 bridgehead atoms. The van der Waals surface area contributed by atoms with Gasteiger partial charge in [-0.1, -0.05) is 76.9 Å². The maximum absolute atomic E-state index is 6.59. The molecule has 0 N–H and O–H groups in total. The highest BCUT2D eigenvalue weighted by molar-refractivity contribution is 6.42. The standard InChI is InChI=1S/C22H15Cl2N3O/c23-17-11-10-16(14-18(17)24)22(15-6-2-1-3-7-15)13-12-21(28-22)27-20-9-5-4-8-19(20)25-26-27/h1-12,14H,13H2. The number of ether oxygens (including phenoxy) is 1. The molecule has 0 aliphatic carbocycles. The van der Waals surface area contributed by atoms with Gasteiger partial charge in [-0.2, -0.15) is 4.68 Å². The number of para-hydroxylation sites is 1. The zero-order valence-electron chi connectivity index (χ0n) is 14.7. The number of rotatable bonds is 3. The van der Waals surface area contributed by atoms with E-state index in [9.17, 15) is 0 Å². The van der Waals surface area contributed by atoms with Crippen LogP contribution in [-0.4, -0.2) is 15.0 Å². The third-order valence-corrected chi connectivity index (χ3v) is 5.77. The van der Waals surface area contributed by atoms with E-state index in [1.54, 1.807) is 10.7 Å². The van der Waals surface area contributed by atoms with Gasteiger partial charge in [-0.3, -0.25) is 0 Å². The molecule has 0 amide bonds. The van der Waals surface area contributed by atoms with Crippen molar-refractivity contribution in [3.63, 3.8) is 0 Å². The number of hydrogen-bond acceptors (Lipinski definition) is 3. The SMILES string of the molecule is Clc1ccc(C2(c3ccccc3)CC=C(n3nnc4ccccc43)O2)cc1Cl. The minimum absolute atomic E-state index is 0.498. The maximum Gasteiger partial charge on any atom is 0.213 e. The van der Waals surface area contributed by atoms with Gasteiger partial charge < -0.3 is 4.74 Å². The van der Waals surface area contributed by atoms with Gasteiger partial charge >= 0.3 is 0 Å². The van der Waals surface area contributed by atoms with Gasteiger partial charge in [0.05, 0.1) is 15.6 Å². The Bertz CT molecular complexity index is 1200. The van der Waals surface area contributed by atoms with Crippen molar-refractivity contribution < 1.29 is 4.74 Å². The van der Waals surface area contributed by atoms with Gasteiger partial charge in [0.15, 0.2) is 5.60 Å². The lowest BCUT2D eigenvalue weighted by Crippen LogP contribution is -2.27. The number of benzene rings is 3. The summed E-state index contributed by atoms with van der Waals surface area (Å²) < 4.78 is 8.32. The van der Waals surface area contributed by atoms with Crippen molar-refractivity contribution >= 4 is 40.1 Å². The molecule has 28 heavy (non-hydrogen) atoms. The van der Waals surface area contributed by atoms with Gasteiger partial charge in [-0.15, -0.1) is 5.10 Å².